The molecule has 0 saturated carbocycles. The molecule has 0 bridgehead atoms. The van der Waals surface area contributed by atoms with Crippen LogP contribution in [-0.2, 0) is 4.74 Å². The predicted octanol–water partition coefficient (Wildman–Crippen LogP) is 3.87. The van der Waals surface area contributed by atoms with Crippen LogP contribution < -0.4 is 0 Å². The summed E-state index contributed by atoms with van der Waals surface area (Å²) in [6.07, 6.45) is 3.77. The number of esters is 1. The van der Waals surface area contributed by atoms with Crippen molar-refractivity contribution in [3.63, 3.8) is 0 Å². The lowest BCUT2D eigenvalue weighted by molar-refractivity contribution is 0.0550. The van der Waals surface area contributed by atoms with E-state index in [4.69, 9.17) is 4.74 Å². The molecule has 0 heterocycles. The molecule has 2 heteroatoms. The molecule has 0 amide bonds. The quantitative estimate of drug-likeness (QED) is 0.772. The first-order chi connectivity index (χ1) is 9.25. The summed E-state index contributed by atoms with van der Waals surface area (Å²) in [6, 6.07) is 17.3. The van der Waals surface area contributed by atoms with Crippen molar-refractivity contribution in [2.24, 2.45) is 0 Å². The van der Waals surface area contributed by atoms with E-state index >= 15 is 0 Å². The van der Waals surface area contributed by atoms with Crippen molar-refractivity contribution in [2.75, 3.05) is 6.61 Å². The van der Waals surface area contributed by atoms with Gasteiger partial charge in [0.1, 0.15) is 6.61 Å². The topological polar surface area (TPSA) is 26.3 Å². The van der Waals surface area contributed by atoms with Gasteiger partial charge in [-0.2, -0.15) is 0 Å². The van der Waals surface area contributed by atoms with Gasteiger partial charge < -0.3 is 4.74 Å². The van der Waals surface area contributed by atoms with E-state index in [-0.39, 0.29) is 12.6 Å². The van der Waals surface area contributed by atoms with Gasteiger partial charge in [0, 0.05) is 0 Å². The van der Waals surface area contributed by atoms with Crippen LogP contribution in [-0.4, -0.2) is 12.6 Å². The van der Waals surface area contributed by atoms with Crippen molar-refractivity contribution < 1.29 is 9.53 Å². The van der Waals surface area contributed by atoms with Gasteiger partial charge >= 0.3 is 5.97 Å². The van der Waals surface area contributed by atoms with E-state index in [0.29, 0.717) is 5.56 Å². The Morgan fingerprint density at radius 3 is 2.42 bits per heavy atom. The minimum atomic E-state index is -0.294. The van der Waals surface area contributed by atoms with Gasteiger partial charge in [0.15, 0.2) is 0 Å². The monoisotopic (exact) mass is 252 g/mol. The number of hydrogen-bond donors (Lipinski definition) is 0. The standard InChI is InChI=1S/C17H16O2/c1-14-9-11-16(12-10-14)17(18)19-13-5-8-15-6-3-2-4-7-15/h2-12H,13H2,1H3/b8-5+. The number of carbonyl (C=O) groups excluding carboxylic acids is 1. The van der Waals surface area contributed by atoms with E-state index in [2.05, 4.69) is 0 Å². The molecule has 0 aromatic heterocycles. The van der Waals surface area contributed by atoms with Crippen LogP contribution in [0.3, 0.4) is 0 Å². The van der Waals surface area contributed by atoms with Crippen molar-refractivity contribution in [1.29, 1.82) is 0 Å². The second-order valence-electron chi connectivity index (χ2n) is 4.28. The van der Waals surface area contributed by atoms with E-state index in [1.165, 1.54) is 0 Å². The summed E-state index contributed by atoms with van der Waals surface area (Å²) in [5.41, 5.74) is 2.80. The van der Waals surface area contributed by atoms with E-state index in [0.717, 1.165) is 11.1 Å². The Kier molecular flexibility index (Phi) is 4.51. The molecule has 0 N–H and O–H groups in total. The first-order valence-electron chi connectivity index (χ1n) is 6.21. The Bertz CT molecular complexity index is 554. The van der Waals surface area contributed by atoms with Crippen LogP contribution in [0.5, 0.6) is 0 Å². The van der Waals surface area contributed by atoms with Gasteiger partial charge in [0.05, 0.1) is 5.56 Å². The number of carbonyl (C=O) groups is 1. The molecule has 19 heavy (non-hydrogen) atoms. The molecule has 0 saturated heterocycles. The summed E-state index contributed by atoms with van der Waals surface area (Å²) in [5, 5.41) is 0. The van der Waals surface area contributed by atoms with Gasteiger partial charge in [0.2, 0.25) is 0 Å². The molecular formula is C17H16O2. The van der Waals surface area contributed by atoms with E-state index < -0.39 is 0 Å². The van der Waals surface area contributed by atoms with Crippen LogP contribution in [0, 0.1) is 6.92 Å². The fraction of sp³-hybridized carbons (Fsp3) is 0.118. The lowest BCUT2D eigenvalue weighted by Crippen LogP contribution is -2.04. The summed E-state index contributed by atoms with van der Waals surface area (Å²) in [5.74, 6) is -0.294. The molecule has 0 unspecified atom stereocenters. The zero-order valence-electron chi connectivity index (χ0n) is 10.9. The molecule has 0 aliphatic rings. The van der Waals surface area contributed by atoms with Gasteiger partial charge in [-0.3, -0.25) is 0 Å². The summed E-state index contributed by atoms with van der Waals surface area (Å²) in [4.78, 5) is 11.7. The Balaban J connectivity index is 1.84. The highest BCUT2D eigenvalue weighted by molar-refractivity contribution is 5.89. The summed E-state index contributed by atoms with van der Waals surface area (Å²) < 4.78 is 5.16. The molecule has 0 atom stereocenters. The maximum absolute atomic E-state index is 11.7. The highest BCUT2D eigenvalue weighted by Gasteiger charge is 2.04. The Hall–Kier alpha value is -2.35. The zero-order valence-corrected chi connectivity index (χ0v) is 10.9. The Morgan fingerprint density at radius 2 is 1.74 bits per heavy atom. The largest absolute Gasteiger partial charge is 0.458 e. The third-order valence-corrected chi connectivity index (χ3v) is 2.71. The molecule has 2 rings (SSSR count). The van der Waals surface area contributed by atoms with Crippen LogP contribution in [0.15, 0.2) is 60.7 Å². The first-order valence-corrected chi connectivity index (χ1v) is 6.21. The molecule has 0 fully saturated rings. The summed E-state index contributed by atoms with van der Waals surface area (Å²) in [6.45, 7) is 2.26. The van der Waals surface area contributed by atoms with Gasteiger partial charge in [-0.1, -0.05) is 54.1 Å². The molecule has 96 valence electrons. The van der Waals surface area contributed by atoms with Crippen molar-refractivity contribution in [3.05, 3.63) is 77.4 Å². The number of rotatable bonds is 4. The molecule has 0 radical (unpaired) electrons. The van der Waals surface area contributed by atoms with Crippen LogP contribution in [0.4, 0.5) is 0 Å². The number of benzene rings is 2. The second kappa shape index (κ2) is 6.55. The molecule has 2 aromatic rings. The second-order valence-corrected chi connectivity index (χ2v) is 4.28. The van der Waals surface area contributed by atoms with Crippen LogP contribution in [0.25, 0.3) is 6.08 Å². The van der Waals surface area contributed by atoms with Crippen molar-refractivity contribution in [3.8, 4) is 0 Å². The van der Waals surface area contributed by atoms with Crippen LogP contribution >= 0.6 is 0 Å². The average Bonchev–Trinajstić information content (AvgIpc) is 2.45. The fourth-order valence-electron chi connectivity index (χ4n) is 1.65. The minimum absolute atomic E-state index is 0.279. The maximum atomic E-state index is 11.7. The molecular weight excluding hydrogens is 236 g/mol. The van der Waals surface area contributed by atoms with Crippen LogP contribution in [0.2, 0.25) is 0 Å². The highest BCUT2D eigenvalue weighted by Crippen LogP contribution is 2.05. The third kappa shape index (κ3) is 4.11. The fourth-order valence-corrected chi connectivity index (χ4v) is 1.65. The maximum Gasteiger partial charge on any atom is 0.338 e. The van der Waals surface area contributed by atoms with Crippen molar-refractivity contribution in [1.82, 2.24) is 0 Å². The first kappa shape index (κ1) is 13.1. The highest BCUT2D eigenvalue weighted by atomic mass is 16.5. The normalized spacial score (nSPS) is 10.6. The molecule has 2 aromatic carbocycles. The Labute approximate surface area is 113 Å². The van der Waals surface area contributed by atoms with Gasteiger partial charge in [-0.15, -0.1) is 0 Å². The molecule has 0 aliphatic heterocycles. The van der Waals surface area contributed by atoms with Crippen LogP contribution in [0.1, 0.15) is 21.5 Å². The van der Waals surface area contributed by atoms with E-state index in [1.807, 2.05) is 61.5 Å². The van der Waals surface area contributed by atoms with Crippen molar-refractivity contribution in [2.45, 2.75) is 6.92 Å². The minimum Gasteiger partial charge on any atom is -0.458 e. The third-order valence-electron chi connectivity index (χ3n) is 2.71. The number of aryl methyl sites for hydroxylation is 1. The van der Waals surface area contributed by atoms with E-state index in [9.17, 15) is 4.79 Å². The lowest BCUT2D eigenvalue weighted by Gasteiger charge is -2.02. The Morgan fingerprint density at radius 1 is 1.05 bits per heavy atom. The smallest absolute Gasteiger partial charge is 0.338 e. The summed E-state index contributed by atoms with van der Waals surface area (Å²) >= 11 is 0. The van der Waals surface area contributed by atoms with Crippen molar-refractivity contribution >= 4 is 12.0 Å². The zero-order chi connectivity index (χ0) is 13.5. The summed E-state index contributed by atoms with van der Waals surface area (Å²) in [7, 11) is 0. The number of hydrogen-bond acceptors (Lipinski definition) is 2. The molecule has 2 nitrogen and oxygen atoms in total. The molecule has 0 aliphatic carbocycles. The average molecular weight is 252 g/mol. The van der Waals surface area contributed by atoms with Gasteiger partial charge in [0.25, 0.3) is 0 Å². The number of ether oxygens (including phenoxy) is 1. The van der Waals surface area contributed by atoms with Gasteiger partial charge in [-0.25, -0.2) is 4.79 Å². The molecule has 0 spiro atoms. The lowest BCUT2D eigenvalue weighted by atomic mass is 10.1. The predicted molar refractivity (Wildman–Crippen MR) is 76.9 cm³/mol. The van der Waals surface area contributed by atoms with E-state index in [1.54, 1.807) is 12.1 Å². The SMILES string of the molecule is Cc1ccc(C(=O)OC/C=C/c2ccccc2)cc1. The van der Waals surface area contributed by atoms with Gasteiger partial charge in [-0.05, 0) is 30.7 Å².